The number of benzene rings is 1. The van der Waals surface area contributed by atoms with E-state index in [0.717, 1.165) is 28.6 Å². The lowest BCUT2D eigenvalue weighted by Gasteiger charge is -2.21. The Balaban J connectivity index is 1.65. The predicted octanol–water partition coefficient (Wildman–Crippen LogP) is 3.83. The smallest absolute Gasteiger partial charge is 0.323 e. The molecule has 7 heteroatoms. The number of aromatic nitrogens is 1. The number of hydrogen-bond acceptors (Lipinski definition) is 4. The topological polar surface area (TPSA) is 62.3 Å². The molecule has 2 heterocycles. The number of halogens is 1. The van der Waals surface area contributed by atoms with Gasteiger partial charge in [-0.3, -0.25) is 9.69 Å². The SMILES string of the molecule is CSc1ccc2cc(CN3C(=O)N[C@](C)(C4CC4)C3=O)c(Cl)nc2c1. The van der Waals surface area contributed by atoms with E-state index < -0.39 is 5.54 Å². The Morgan fingerprint density at radius 2 is 2.12 bits per heavy atom. The maximum atomic E-state index is 12.8. The first-order valence-corrected chi connectivity index (χ1v) is 9.80. The first-order chi connectivity index (χ1) is 11.9. The van der Waals surface area contributed by atoms with Crippen LogP contribution in [0.5, 0.6) is 0 Å². The van der Waals surface area contributed by atoms with Crippen LogP contribution in [0.2, 0.25) is 5.15 Å². The number of nitrogens with one attached hydrogen (secondary N) is 1. The Labute approximate surface area is 155 Å². The summed E-state index contributed by atoms with van der Waals surface area (Å²) < 4.78 is 0. The van der Waals surface area contributed by atoms with Gasteiger partial charge in [0.05, 0.1) is 12.1 Å². The molecule has 1 saturated carbocycles. The van der Waals surface area contributed by atoms with Gasteiger partial charge in [-0.2, -0.15) is 0 Å². The van der Waals surface area contributed by atoms with E-state index in [1.54, 1.807) is 11.8 Å². The summed E-state index contributed by atoms with van der Waals surface area (Å²) in [4.78, 5) is 31.9. The van der Waals surface area contributed by atoms with E-state index in [-0.39, 0.29) is 24.4 Å². The molecule has 5 nitrogen and oxygen atoms in total. The quantitative estimate of drug-likeness (QED) is 0.501. The van der Waals surface area contributed by atoms with Gasteiger partial charge >= 0.3 is 6.03 Å². The Kier molecular flexibility index (Phi) is 3.92. The summed E-state index contributed by atoms with van der Waals surface area (Å²) in [7, 11) is 0. The Morgan fingerprint density at radius 3 is 2.80 bits per heavy atom. The molecule has 25 heavy (non-hydrogen) atoms. The van der Waals surface area contributed by atoms with Crippen LogP contribution in [0.4, 0.5) is 4.79 Å². The molecule has 4 rings (SSSR count). The fourth-order valence-corrected chi connectivity index (χ4v) is 4.01. The molecule has 130 valence electrons. The molecule has 0 bridgehead atoms. The van der Waals surface area contributed by atoms with Crippen LogP contribution in [-0.2, 0) is 11.3 Å². The van der Waals surface area contributed by atoms with Gasteiger partial charge in [-0.15, -0.1) is 11.8 Å². The number of fused-ring (bicyclic) bond motifs is 1. The van der Waals surface area contributed by atoms with E-state index in [0.29, 0.717) is 10.7 Å². The van der Waals surface area contributed by atoms with Gasteiger partial charge in [0.2, 0.25) is 0 Å². The highest BCUT2D eigenvalue weighted by Gasteiger charge is 2.55. The third kappa shape index (κ3) is 2.77. The molecule has 2 aromatic rings. The summed E-state index contributed by atoms with van der Waals surface area (Å²) in [5.74, 6) is 0.0676. The first kappa shape index (κ1) is 16.7. The highest BCUT2D eigenvalue weighted by molar-refractivity contribution is 7.98. The Morgan fingerprint density at radius 1 is 1.36 bits per heavy atom. The first-order valence-electron chi connectivity index (χ1n) is 8.19. The highest BCUT2D eigenvalue weighted by Crippen LogP contribution is 2.43. The van der Waals surface area contributed by atoms with Crippen LogP contribution in [0.15, 0.2) is 29.2 Å². The summed E-state index contributed by atoms with van der Waals surface area (Å²) in [5.41, 5.74) is 0.705. The number of hydrogen-bond donors (Lipinski definition) is 1. The van der Waals surface area contributed by atoms with Crippen molar-refractivity contribution in [3.8, 4) is 0 Å². The van der Waals surface area contributed by atoms with Gasteiger partial charge in [-0.1, -0.05) is 17.7 Å². The molecule has 1 aliphatic carbocycles. The maximum Gasteiger partial charge on any atom is 0.325 e. The molecule has 0 spiro atoms. The largest absolute Gasteiger partial charge is 0.325 e. The van der Waals surface area contributed by atoms with Crippen molar-refractivity contribution in [1.82, 2.24) is 15.2 Å². The number of nitrogens with zero attached hydrogens (tertiary/aromatic N) is 2. The van der Waals surface area contributed by atoms with E-state index in [2.05, 4.69) is 10.3 Å². The zero-order chi connectivity index (χ0) is 17.8. The van der Waals surface area contributed by atoms with E-state index in [9.17, 15) is 9.59 Å². The van der Waals surface area contributed by atoms with Gasteiger partial charge in [0.1, 0.15) is 10.7 Å². The molecule has 1 saturated heterocycles. The zero-order valence-electron chi connectivity index (χ0n) is 14.0. The Bertz CT molecular complexity index is 899. The number of urea groups is 1. The van der Waals surface area contributed by atoms with Crippen LogP contribution in [0, 0.1) is 5.92 Å². The Hall–Kier alpha value is -1.79. The number of amides is 3. The van der Waals surface area contributed by atoms with Crippen molar-refractivity contribution < 1.29 is 9.59 Å². The van der Waals surface area contributed by atoms with Crippen molar-refractivity contribution in [2.24, 2.45) is 5.92 Å². The minimum absolute atomic E-state index is 0.138. The summed E-state index contributed by atoms with van der Waals surface area (Å²) in [6.07, 6.45) is 3.96. The van der Waals surface area contributed by atoms with Crippen LogP contribution in [0.3, 0.4) is 0 Å². The predicted molar refractivity (Wildman–Crippen MR) is 98.7 cm³/mol. The number of pyridine rings is 1. The molecule has 0 radical (unpaired) electrons. The van der Waals surface area contributed by atoms with Crippen LogP contribution in [0.25, 0.3) is 10.9 Å². The van der Waals surface area contributed by atoms with Gasteiger partial charge in [-0.25, -0.2) is 9.78 Å². The normalized spacial score (nSPS) is 23.4. The van der Waals surface area contributed by atoms with Gasteiger partial charge < -0.3 is 5.32 Å². The zero-order valence-corrected chi connectivity index (χ0v) is 15.6. The molecule has 0 unspecified atom stereocenters. The number of carbonyl (C=O) groups is 2. The van der Waals surface area contributed by atoms with E-state index >= 15 is 0 Å². The third-order valence-corrected chi connectivity index (χ3v) is 6.13. The third-order valence-electron chi connectivity index (χ3n) is 5.07. The molecule has 1 N–H and O–H groups in total. The lowest BCUT2D eigenvalue weighted by molar-refractivity contribution is -0.131. The maximum absolute atomic E-state index is 12.8. The molecule has 2 fully saturated rings. The second kappa shape index (κ2) is 5.88. The molecular weight excluding hydrogens is 358 g/mol. The highest BCUT2D eigenvalue weighted by atomic mass is 35.5. The number of carbonyl (C=O) groups excluding carboxylic acids is 2. The standard InChI is InChI=1S/C18H18ClN3O2S/c1-18(12-4-5-12)16(23)22(17(24)21-18)9-11-7-10-3-6-13(25-2)8-14(10)20-15(11)19/h3,6-8,12H,4-5,9H2,1-2H3,(H,21,24)/t18-/m1/s1. The average molecular weight is 376 g/mol. The molecular formula is C18H18ClN3O2S. The van der Waals surface area contributed by atoms with Crippen LogP contribution in [-0.4, -0.2) is 33.6 Å². The average Bonchev–Trinajstić information content (AvgIpc) is 3.41. The van der Waals surface area contributed by atoms with E-state index in [1.807, 2.05) is 37.4 Å². The number of imide groups is 1. The lowest BCUT2D eigenvalue weighted by Crippen LogP contribution is -2.46. The van der Waals surface area contributed by atoms with Crippen LogP contribution < -0.4 is 5.32 Å². The minimum Gasteiger partial charge on any atom is -0.323 e. The minimum atomic E-state index is -0.777. The van der Waals surface area contributed by atoms with Gasteiger partial charge in [0, 0.05) is 15.8 Å². The van der Waals surface area contributed by atoms with Gasteiger partial charge in [-0.05, 0) is 50.1 Å². The number of thioether (sulfide) groups is 1. The molecule has 2 aliphatic rings. The molecule has 1 aromatic heterocycles. The van der Waals surface area contributed by atoms with Gasteiger partial charge in [0.15, 0.2) is 0 Å². The van der Waals surface area contributed by atoms with Gasteiger partial charge in [0.25, 0.3) is 5.91 Å². The number of rotatable bonds is 4. The van der Waals surface area contributed by atoms with Crippen LogP contribution >= 0.6 is 23.4 Å². The molecule has 1 atom stereocenters. The second-order valence-corrected chi connectivity index (χ2v) is 8.03. The fourth-order valence-electron chi connectivity index (χ4n) is 3.37. The fraction of sp³-hybridized carbons (Fsp3) is 0.389. The molecule has 3 amide bonds. The lowest BCUT2D eigenvalue weighted by atomic mass is 9.96. The van der Waals surface area contributed by atoms with Crippen molar-refractivity contribution in [1.29, 1.82) is 0 Å². The van der Waals surface area contributed by atoms with Crippen molar-refractivity contribution in [3.63, 3.8) is 0 Å². The van der Waals surface area contributed by atoms with Crippen molar-refractivity contribution in [2.75, 3.05) is 6.26 Å². The van der Waals surface area contributed by atoms with Crippen molar-refractivity contribution >= 4 is 46.2 Å². The second-order valence-electron chi connectivity index (χ2n) is 6.80. The summed E-state index contributed by atoms with van der Waals surface area (Å²) >= 11 is 7.97. The summed E-state index contributed by atoms with van der Waals surface area (Å²) in [5, 5.41) is 4.12. The van der Waals surface area contributed by atoms with Crippen LogP contribution in [0.1, 0.15) is 25.3 Å². The van der Waals surface area contributed by atoms with E-state index in [4.69, 9.17) is 11.6 Å². The van der Waals surface area contributed by atoms with Crippen molar-refractivity contribution in [3.05, 3.63) is 35.0 Å². The monoisotopic (exact) mass is 375 g/mol. The van der Waals surface area contributed by atoms with E-state index in [1.165, 1.54) is 4.90 Å². The molecule has 1 aromatic carbocycles. The van der Waals surface area contributed by atoms with Crippen molar-refractivity contribution in [2.45, 2.75) is 36.7 Å². The molecule has 1 aliphatic heterocycles. The summed E-state index contributed by atoms with van der Waals surface area (Å²) in [6, 6.07) is 7.53. The summed E-state index contributed by atoms with van der Waals surface area (Å²) in [6.45, 7) is 1.95.